The van der Waals surface area contributed by atoms with Gasteiger partial charge in [-0.3, -0.25) is 14.5 Å². The first kappa shape index (κ1) is 21.5. The zero-order valence-corrected chi connectivity index (χ0v) is 17.7. The molecule has 1 N–H and O–H groups in total. The van der Waals surface area contributed by atoms with Crippen molar-refractivity contribution in [1.82, 2.24) is 10.2 Å². The van der Waals surface area contributed by atoms with Crippen molar-refractivity contribution < 1.29 is 18.7 Å². The van der Waals surface area contributed by atoms with Gasteiger partial charge in [0.25, 0.3) is 0 Å². The molecule has 2 aromatic carbocycles. The van der Waals surface area contributed by atoms with Gasteiger partial charge < -0.3 is 15.0 Å². The largest absolute Gasteiger partial charge is 0.379 e. The molecule has 2 fully saturated rings. The third-order valence-corrected chi connectivity index (χ3v) is 6.05. The molecule has 2 aliphatic heterocycles. The molecule has 2 heterocycles. The Labute approximate surface area is 182 Å². The van der Waals surface area contributed by atoms with Crippen LogP contribution in [0, 0.1) is 18.7 Å². The highest BCUT2D eigenvalue weighted by molar-refractivity contribution is 6.00. The monoisotopic (exact) mass is 425 g/mol. The normalized spacial score (nSPS) is 20.6. The summed E-state index contributed by atoms with van der Waals surface area (Å²) in [4.78, 5) is 29.3. The number of amides is 2. The summed E-state index contributed by atoms with van der Waals surface area (Å²) in [6.45, 7) is 5.55. The number of carbonyl (C=O) groups excluding carboxylic acids is 2. The van der Waals surface area contributed by atoms with Gasteiger partial charge in [-0.2, -0.15) is 0 Å². The number of nitrogens with zero attached hydrogens (tertiary/aromatic N) is 2. The molecule has 2 saturated heterocycles. The third kappa shape index (κ3) is 5.11. The molecule has 164 valence electrons. The van der Waals surface area contributed by atoms with Gasteiger partial charge in [0, 0.05) is 38.3 Å². The van der Waals surface area contributed by atoms with Gasteiger partial charge in [-0.15, -0.1) is 0 Å². The summed E-state index contributed by atoms with van der Waals surface area (Å²) < 4.78 is 18.9. The number of nitrogens with one attached hydrogen (secondary N) is 1. The zero-order chi connectivity index (χ0) is 21.8. The highest BCUT2D eigenvalue weighted by Gasteiger charge is 2.35. The number of benzene rings is 2. The predicted molar refractivity (Wildman–Crippen MR) is 116 cm³/mol. The van der Waals surface area contributed by atoms with Gasteiger partial charge >= 0.3 is 0 Å². The smallest absolute Gasteiger partial charge is 0.227 e. The molecule has 2 aliphatic rings. The molecular weight excluding hydrogens is 397 g/mol. The maximum absolute atomic E-state index is 13.4. The molecule has 0 aliphatic carbocycles. The Morgan fingerprint density at radius 1 is 1.13 bits per heavy atom. The van der Waals surface area contributed by atoms with Crippen molar-refractivity contribution in [1.29, 1.82) is 0 Å². The second-order valence-electron chi connectivity index (χ2n) is 8.20. The van der Waals surface area contributed by atoms with Gasteiger partial charge in [0.15, 0.2) is 0 Å². The van der Waals surface area contributed by atoms with E-state index in [9.17, 15) is 14.0 Å². The summed E-state index contributed by atoms with van der Waals surface area (Å²) >= 11 is 0. The molecule has 0 aromatic heterocycles. The Hall–Kier alpha value is -2.77. The lowest BCUT2D eigenvalue weighted by atomic mass is 10.0. The molecule has 0 spiro atoms. The fourth-order valence-corrected chi connectivity index (χ4v) is 4.23. The topological polar surface area (TPSA) is 61.9 Å². The van der Waals surface area contributed by atoms with Crippen LogP contribution in [0.5, 0.6) is 0 Å². The predicted octanol–water partition coefficient (Wildman–Crippen LogP) is 2.68. The number of ether oxygens (including phenoxy) is 1. The maximum Gasteiger partial charge on any atom is 0.227 e. The van der Waals surface area contributed by atoms with Gasteiger partial charge in [-0.05, 0) is 36.8 Å². The fourth-order valence-electron chi connectivity index (χ4n) is 4.23. The summed E-state index contributed by atoms with van der Waals surface area (Å²) in [6, 6.07) is 14.1. The summed E-state index contributed by atoms with van der Waals surface area (Å²) in [5, 5.41) is 3.04. The van der Waals surface area contributed by atoms with Crippen LogP contribution in [0.4, 0.5) is 10.1 Å². The highest BCUT2D eigenvalue weighted by Crippen LogP contribution is 2.26. The van der Waals surface area contributed by atoms with Gasteiger partial charge in [0.1, 0.15) is 5.82 Å². The number of rotatable bonds is 6. The summed E-state index contributed by atoms with van der Waals surface area (Å²) in [5.41, 5.74) is 2.90. The summed E-state index contributed by atoms with van der Waals surface area (Å²) in [5.74, 6) is -0.822. The lowest BCUT2D eigenvalue weighted by Crippen LogP contribution is -2.45. The molecule has 6 nitrogen and oxygen atoms in total. The van der Waals surface area contributed by atoms with E-state index in [-0.39, 0.29) is 36.0 Å². The molecule has 0 radical (unpaired) electrons. The molecular formula is C24H28FN3O3. The number of hydrogen-bond donors (Lipinski definition) is 1. The maximum atomic E-state index is 13.4. The van der Waals surface area contributed by atoms with E-state index in [0.717, 1.165) is 29.9 Å². The Morgan fingerprint density at radius 3 is 2.48 bits per heavy atom. The molecule has 2 amide bonds. The number of anilines is 1. The van der Waals surface area contributed by atoms with Gasteiger partial charge in [-0.1, -0.05) is 29.8 Å². The van der Waals surface area contributed by atoms with E-state index >= 15 is 0 Å². The van der Waals surface area contributed by atoms with E-state index in [1.807, 2.05) is 31.2 Å². The Balaban J connectivity index is 1.41. The number of aryl methyl sites for hydroxylation is 1. The van der Waals surface area contributed by atoms with Crippen LogP contribution in [0.2, 0.25) is 0 Å². The minimum absolute atomic E-state index is 0.0349. The summed E-state index contributed by atoms with van der Waals surface area (Å²) in [7, 11) is 0. The van der Waals surface area contributed by atoms with Gasteiger partial charge in [0.05, 0.1) is 25.2 Å². The first-order valence-electron chi connectivity index (χ1n) is 10.7. The zero-order valence-electron chi connectivity index (χ0n) is 17.7. The van der Waals surface area contributed by atoms with Crippen LogP contribution < -0.4 is 10.2 Å². The van der Waals surface area contributed by atoms with E-state index in [4.69, 9.17) is 4.74 Å². The van der Waals surface area contributed by atoms with E-state index in [2.05, 4.69) is 10.2 Å². The van der Waals surface area contributed by atoms with Crippen LogP contribution in [-0.4, -0.2) is 56.1 Å². The van der Waals surface area contributed by atoms with Crippen LogP contribution in [0.1, 0.15) is 23.6 Å². The molecule has 0 bridgehead atoms. The van der Waals surface area contributed by atoms with E-state index < -0.39 is 0 Å². The van der Waals surface area contributed by atoms with Crippen LogP contribution >= 0.6 is 0 Å². The van der Waals surface area contributed by atoms with Crippen molar-refractivity contribution in [2.45, 2.75) is 19.4 Å². The van der Waals surface area contributed by atoms with Crippen LogP contribution in [0.25, 0.3) is 0 Å². The standard InChI is InChI=1S/C24H28FN3O3/c1-17-2-8-21(9-3-17)28-16-19(14-23(28)29)24(30)26-15-22(27-10-12-31-13-11-27)18-4-6-20(25)7-5-18/h2-9,19,22H,10-16H2,1H3,(H,26,30). The number of hydrogen-bond acceptors (Lipinski definition) is 4. The molecule has 31 heavy (non-hydrogen) atoms. The highest BCUT2D eigenvalue weighted by atomic mass is 19.1. The second kappa shape index (κ2) is 9.58. The Kier molecular flexibility index (Phi) is 6.63. The number of halogens is 1. The quantitative estimate of drug-likeness (QED) is 0.773. The molecule has 2 atom stereocenters. The number of carbonyl (C=O) groups is 2. The van der Waals surface area contributed by atoms with Crippen LogP contribution in [0.15, 0.2) is 48.5 Å². The molecule has 4 rings (SSSR count). The molecule has 2 aromatic rings. The minimum Gasteiger partial charge on any atom is -0.379 e. The van der Waals surface area contributed by atoms with Crippen LogP contribution in [-0.2, 0) is 14.3 Å². The van der Waals surface area contributed by atoms with Crippen molar-refractivity contribution in [3.8, 4) is 0 Å². The first-order chi connectivity index (χ1) is 15.0. The Bertz CT molecular complexity index is 911. The fraction of sp³-hybridized carbons (Fsp3) is 0.417. The Morgan fingerprint density at radius 2 is 1.81 bits per heavy atom. The average molecular weight is 426 g/mol. The van der Waals surface area contributed by atoms with Gasteiger partial charge in [-0.25, -0.2) is 4.39 Å². The van der Waals surface area contributed by atoms with E-state index in [0.29, 0.717) is 26.3 Å². The lowest BCUT2D eigenvalue weighted by Gasteiger charge is -2.35. The SMILES string of the molecule is Cc1ccc(N2CC(C(=O)NCC(c3ccc(F)cc3)N3CCOCC3)CC2=O)cc1. The summed E-state index contributed by atoms with van der Waals surface area (Å²) in [6.07, 6.45) is 0.207. The van der Waals surface area contributed by atoms with Crippen molar-refractivity contribution in [2.24, 2.45) is 5.92 Å². The lowest BCUT2D eigenvalue weighted by molar-refractivity contribution is -0.126. The first-order valence-corrected chi connectivity index (χ1v) is 10.7. The average Bonchev–Trinajstić information content (AvgIpc) is 3.18. The third-order valence-electron chi connectivity index (χ3n) is 6.05. The van der Waals surface area contributed by atoms with Crippen molar-refractivity contribution in [2.75, 3.05) is 44.3 Å². The van der Waals surface area contributed by atoms with Crippen molar-refractivity contribution in [3.05, 3.63) is 65.5 Å². The molecule has 0 saturated carbocycles. The van der Waals surface area contributed by atoms with Crippen molar-refractivity contribution >= 4 is 17.5 Å². The molecule has 2 unspecified atom stereocenters. The molecule has 7 heteroatoms. The van der Waals surface area contributed by atoms with E-state index in [1.165, 1.54) is 12.1 Å². The number of morpholine rings is 1. The van der Waals surface area contributed by atoms with Gasteiger partial charge in [0.2, 0.25) is 11.8 Å². The minimum atomic E-state index is -0.382. The van der Waals surface area contributed by atoms with Crippen LogP contribution in [0.3, 0.4) is 0 Å². The second-order valence-corrected chi connectivity index (χ2v) is 8.20. The van der Waals surface area contributed by atoms with E-state index in [1.54, 1.807) is 17.0 Å². The van der Waals surface area contributed by atoms with Crippen molar-refractivity contribution in [3.63, 3.8) is 0 Å².